The Morgan fingerprint density at radius 3 is 1.55 bits per heavy atom. The van der Waals surface area contributed by atoms with Crippen LogP contribution in [0.5, 0.6) is 0 Å². The van der Waals surface area contributed by atoms with Gasteiger partial charge in [0.05, 0.1) is 6.61 Å². The number of rotatable bonds is 34. The molecule has 0 aliphatic carbocycles. The molecule has 0 heterocycles. The van der Waals surface area contributed by atoms with Gasteiger partial charge in [-0.1, -0.05) is 148 Å². The predicted molar refractivity (Wildman–Crippen MR) is 188 cm³/mol. The summed E-state index contributed by atoms with van der Waals surface area (Å²) in [6.45, 7) is 6.92. The molecule has 0 radical (unpaired) electrons. The topological polar surface area (TPSA) is 72.5 Å². The number of carbonyl (C=O) groups excluding carboxylic acids is 3. The van der Waals surface area contributed by atoms with Crippen LogP contribution in [0.3, 0.4) is 0 Å². The predicted octanol–water partition coefficient (Wildman–Crippen LogP) is 11.4. The first-order valence-corrected chi connectivity index (χ1v) is 19.1. The molecule has 0 bridgehead atoms. The van der Waals surface area contributed by atoms with Crippen molar-refractivity contribution in [3.8, 4) is 0 Å². The van der Waals surface area contributed by atoms with Crippen LogP contribution in [0, 0.1) is 5.92 Å². The van der Waals surface area contributed by atoms with E-state index in [1.165, 1.54) is 116 Å². The molecular weight excluding hydrogens is 546 g/mol. The lowest BCUT2D eigenvalue weighted by molar-refractivity contribution is -0.143. The fraction of sp³-hybridized carbons (Fsp3) is 0.872. The van der Waals surface area contributed by atoms with Gasteiger partial charge in [-0.25, -0.2) is 0 Å². The molecule has 0 saturated heterocycles. The van der Waals surface area contributed by atoms with Gasteiger partial charge in [0.2, 0.25) is 5.91 Å². The number of ether oxygens (including phenoxy) is 1. The minimum absolute atomic E-state index is 0.0823. The highest BCUT2D eigenvalue weighted by Crippen LogP contribution is 2.17. The van der Waals surface area contributed by atoms with Crippen LogP contribution in [0.1, 0.15) is 201 Å². The highest BCUT2D eigenvalue weighted by Gasteiger charge is 2.18. The molecule has 0 aliphatic rings. The standard InChI is InChI=1S/C39H73NO4/c1-4-6-8-10-12-14-16-18-20-22-24-26-28-31-37(36(3)41)35-38(42)40-33-30-34-44-39(43)32-29-27-25-23-21-19-17-15-13-11-9-7-5-2/h18,20,37H,4-17,19,21-35H2,1-3H3,(H,40,42). The summed E-state index contributed by atoms with van der Waals surface area (Å²) < 4.78 is 5.33. The molecule has 5 nitrogen and oxygen atoms in total. The SMILES string of the molecule is CCCCCCCCC=CCCCCCC(CC(=O)NCCCOC(=O)CCCCCCCCCCCCCCC)C(C)=O. The van der Waals surface area contributed by atoms with E-state index in [4.69, 9.17) is 4.74 Å². The summed E-state index contributed by atoms with van der Waals surface area (Å²) in [4.78, 5) is 36.4. The molecule has 0 rings (SSSR count). The zero-order valence-corrected chi connectivity index (χ0v) is 29.6. The minimum atomic E-state index is -0.198. The number of hydrogen-bond acceptors (Lipinski definition) is 4. The first kappa shape index (κ1) is 42.3. The number of unbranched alkanes of at least 4 members (excludes halogenated alkanes) is 21. The Hall–Kier alpha value is -1.65. The maximum Gasteiger partial charge on any atom is 0.305 e. The van der Waals surface area contributed by atoms with E-state index in [1.54, 1.807) is 6.92 Å². The van der Waals surface area contributed by atoms with Crippen molar-refractivity contribution in [1.82, 2.24) is 5.32 Å². The van der Waals surface area contributed by atoms with E-state index in [9.17, 15) is 14.4 Å². The molecule has 1 atom stereocenters. The van der Waals surface area contributed by atoms with E-state index < -0.39 is 0 Å². The molecule has 1 unspecified atom stereocenters. The van der Waals surface area contributed by atoms with Gasteiger partial charge < -0.3 is 10.1 Å². The molecule has 1 N–H and O–H groups in total. The van der Waals surface area contributed by atoms with Crippen LogP contribution < -0.4 is 5.32 Å². The van der Waals surface area contributed by atoms with Crippen LogP contribution in [0.4, 0.5) is 0 Å². The largest absolute Gasteiger partial charge is 0.466 e. The molecule has 0 spiro atoms. The van der Waals surface area contributed by atoms with Gasteiger partial charge in [0.1, 0.15) is 5.78 Å². The number of Topliss-reactive ketones (excluding diaryl/α,β-unsaturated/α-hetero) is 1. The number of carbonyl (C=O) groups is 3. The van der Waals surface area contributed by atoms with E-state index in [2.05, 4.69) is 31.3 Å². The molecule has 0 fully saturated rings. The molecule has 44 heavy (non-hydrogen) atoms. The normalized spacial score (nSPS) is 12.1. The number of allylic oxidation sites excluding steroid dienone is 2. The summed E-state index contributed by atoms with van der Waals surface area (Å²) in [5.41, 5.74) is 0. The summed E-state index contributed by atoms with van der Waals surface area (Å²) in [7, 11) is 0. The fourth-order valence-corrected chi connectivity index (χ4v) is 5.70. The molecule has 1 amide bonds. The molecule has 0 aromatic rings. The van der Waals surface area contributed by atoms with Crippen molar-refractivity contribution in [2.75, 3.05) is 13.2 Å². The van der Waals surface area contributed by atoms with Crippen molar-refractivity contribution in [2.24, 2.45) is 5.92 Å². The highest BCUT2D eigenvalue weighted by molar-refractivity contribution is 5.85. The number of amides is 1. The smallest absolute Gasteiger partial charge is 0.305 e. The second-order valence-corrected chi connectivity index (χ2v) is 13.1. The molecule has 0 aromatic carbocycles. The van der Waals surface area contributed by atoms with Gasteiger partial charge in [-0.2, -0.15) is 0 Å². The van der Waals surface area contributed by atoms with Gasteiger partial charge in [0.15, 0.2) is 0 Å². The van der Waals surface area contributed by atoms with Crippen molar-refractivity contribution < 1.29 is 19.1 Å². The van der Waals surface area contributed by atoms with Crippen molar-refractivity contribution in [1.29, 1.82) is 0 Å². The van der Waals surface area contributed by atoms with Gasteiger partial charge in [-0.15, -0.1) is 0 Å². The second-order valence-electron chi connectivity index (χ2n) is 13.1. The van der Waals surface area contributed by atoms with Crippen LogP contribution in [0.25, 0.3) is 0 Å². The third-order valence-electron chi connectivity index (χ3n) is 8.71. The average Bonchev–Trinajstić information content (AvgIpc) is 3.00. The third-order valence-corrected chi connectivity index (χ3v) is 8.71. The quantitative estimate of drug-likeness (QED) is 0.0442. The summed E-state index contributed by atoms with van der Waals surface area (Å²) in [6, 6.07) is 0. The lowest BCUT2D eigenvalue weighted by Gasteiger charge is -2.13. The molecule has 5 heteroatoms. The summed E-state index contributed by atoms with van der Waals surface area (Å²) in [5.74, 6) is -0.317. The average molecular weight is 620 g/mol. The van der Waals surface area contributed by atoms with Crippen molar-refractivity contribution in [2.45, 2.75) is 201 Å². The van der Waals surface area contributed by atoms with Gasteiger partial charge in [0, 0.05) is 25.3 Å². The lowest BCUT2D eigenvalue weighted by Crippen LogP contribution is -2.29. The van der Waals surface area contributed by atoms with Gasteiger partial charge in [-0.3, -0.25) is 14.4 Å². The Morgan fingerprint density at radius 1 is 0.591 bits per heavy atom. The molecular formula is C39H73NO4. The zero-order valence-electron chi connectivity index (χ0n) is 29.6. The van der Waals surface area contributed by atoms with Crippen LogP contribution in [0.15, 0.2) is 12.2 Å². The lowest BCUT2D eigenvalue weighted by atomic mass is 9.93. The summed E-state index contributed by atoms with van der Waals surface area (Å²) in [5, 5.41) is 2.89. The molecule has 0 aromatic heterocycles. The van der Waals surface area contributed by atoms with E-state index in [0.29, 0.717) is 26.0 Å². The van der Waals surface area contributed by atoms with Crippen LogP contribution >= 0.6 is 0 Å². The van der Waals surface area contributed by atoms with Crippen LogP contribution in [-0.2, 0) is 19.1 Å². The van der Waals surface area contributed by atoms with Crippen LogP contribution in [0.2, 0.25) is 0 Å². The number of ketones is 1. The Kier molecular flexibility index (Phi) is 32.9. The monoisotopic (exact) mass is 620 g/mol. The van der Waals surface area contributed by atoms with Crippen molar-refractivity contribution >= 4 is 17.7 Å². The van der Waals surface area contributed by atoms with E-state index >= 15 is 0 Å². The van der Waals surface area contributed by atoms with Gasteiger partial charge in [-0.05, 0) is 51.9 Å². The maximum absolute atomic E-state index is 12.4. The van der Waals surface area contributed by atoms with Crippen LogP contribution in [-0.4, -0.2) is 30.8 Å². The van der Waals surface area contributed by atoms with Gasteiger partial charge >= 0.3 is 5.97 Å². The summed E-state index contributed by atoms with van der Waals surface area (Å²) >= 11 is 0. The Balaban J connectivity index is 3.64. The Morgan fingerprint density at radius 2 is 1.05 bits per heavy atom. The van der Waals surface area contributed by atoms with E-state index in [-0.39, 0.29) is 30.0 Å². The van der Waals surface area contributed by atoms with Gasteiger partial charge in [0.25, 0.3) is 0 Å². The molecule has 0 aliphatic heterocycles. The minimum Gasteiger partial charge on any atom is -0.466 e. The second kappa shape index (κ2) is 34.2. The van der Waals surface area contributed by atoms with E-state index in [1.807, 2.05) is 0 Å². The Bertz CT molecular complexity index is 690. The fourth-order valence-electron chi connectivity index (χ4n) is 5.70. The maximum atomic E-state index is 12.4. The first-order chi connectivity index (χ1) is 21.5. The van der Waals surface area contributed by atoms with Crippen molar-refractivity contribution in [3.05, 3.63) is 12.2 Å². The summed E-state index contributed by atoms with van der Waals surface area (Å²) in [6.07, 6.45) is 37.1. The zero-order chi connectivity index (χ0) is 32.4. The van der Waals surface area contributed by atoms with Crippen molar-refractivity contribution in [3.63, 3.8) is 0 Å². The number of esters is 1. The number of nitrogens with one attached hydrogen (secondary N) is 1. The highest BCUT2D eigenvalue weighted by atomic mass is 16.5. The molecule has 0 saturated carbocycles. The Labute approximate surface area is 273 Å². The molecule has 258 valence electrons. The first-order valence-electron chi connectivity index (χ1n) is 19.1. The van der Waals surface area contributed by atoms with E-state index in [0.717, 1.165) is 44.9 Å². The third kappa shape index (κ3) is 31.8. The number of hydrogen-bond donors (Lipinski definition) is 1.